The summed E-state index contributed by atoms with van der Waals surface area (Å²) in [7, 11) is 0. The molecule has 11 rings (SSSR count). The van der Waals surface area contributed by atoms with Crippen LogP contribution in [0.5, 0.6) is 0 Å². The van der Waals surface area contributed by atoms with Gasteiger partial charge >= 0.3 is 6.18 Å². The second-order valence-electron chi connectivity index (χ2n) is 16.7. The van der Waals surface area contributed by atoms with E-state index in [1.54, 1.807) is 12.1 Å². The summed E-state index contributed by atoms with van der Waals surface area (Å²) in [6, 6.07) is 64.8. The second-order valence-corrected chi connectivity index (χ2v) is 16.7. The smallest absolute Gasteiger partial charge is 0.309 e. The van der Waals surface area contributed by atoms with Gasteiger partial charge in [0.25, 0.3) is 0 Å². The van der Waals surface area contributed by atoms with Crippen LogP contribution in [0, 0.1) is 36.5 Å². The molecular formula is C59H37F3N4. The first kappa shape index (κ1) is 40.1. The van der Waals surface area contributed by atoms with E-state index in [-0.39, 0.29) is 11.1 Å². The van der Waals surface area contributed by atoms with Crippen LogP contribution in [0.15, 0.2) is 188 Å². The number of benzene rings is 9. The third-order valence-electron chi connectivity index (χ3n) is 12.9. The van der Waals surface area contributed by atoms with Gasteiger partial charge in [-0.3, -0.25) is 0 Å². The number of rotatable bonds is 6. The van der Waals surface area contributed by atoms with Gasteiger partial charge in [-0.25, -0.2) is 0 Å². The van der Waals surface area contributed by atoms with E-state index in [0.29, 0.717) is 27.9 Å². The fraction of sp³-hybridized carbons (Fsp3) is 0.0508. The number of nitriles is 2. The zero-order chi connectivity index (χ0) is 45.3. The Morgan fingerprint density at radius 1 is 0.379 bits per heavy atom. The van der Waals surface area contributed by atoms with Crippen molar-refractivity contribution in [3.8, 4) is 68.0 Å². The van der Waals surface area contributed by atoms with Crippen molar-refractivity contribution in [2.24, 2.45) is 0 Å². The molecule has 0 saturated heterocycles. The van der Waals surface area contributed by atoms with Crippen LogP contribution < -0.4 is 0 Å². The summed E-state index contributed by atoms with van der Waals surface area (Å²) >= 11 is 0. The van der Waals surface area contributed by atoms with Gasteiger partial charge in [0, 0.05) is 32.7 Å². The number of para-hydroxylation sites is 2. The maximum absolute atomic E-state index is 14.9. The quantitative estimate of drug-likeness (QED) is 0.167. The molecule has 4 nitrogen and oxygen atoms in total. The number of aromatic nitrogens is 2. The lowest BCUT2D eigenvalue weighted by Crippen LogP contribution is -2.08. The molecule has 0 aliphatic rings. The molecule has 0 atom stereocenters. The minimum absolute atomic E-state index is 0.0461. The standard InChI is InChI=1S/C59H37F3N4/c1-36-11-3-5-13-43(36)40-21-26-55-49(31-40)46-15-7-9-17-53(46)65(55)56-28-23-42(45-24-19-38(34-63)29-52(45)59(60,61)62)33-51(56)48-25-20-39(35-64)30-58(48)66-54-18-10-8-16-47(54)50-32-41(22-27-57(50)66)44-14-6-4-12-37(44)2/h3-33H,1-2H3. The molecule has 0 radical (unpaired) electrons. The van der Waals surface area contributed by atoms with Crippen LogP contribution in [0.1, 0.15) is 27.8 Å². The topological polar surface area (TPSA) is 57.4 Å². The highest BCUT2D eigenvalue weighted by atomic mass is 19.4. The Hall–Kier alpha value is -8.65. The van der Waals surface area contributed by atoms with E-state index in [1.165, 1.54) is 12.1 Å². The average Bonchev–Trinajstić information content (AvgIpc) is 3.85. The van der Waals surface area contributed by atoms with Crippen molar-refractivity contribution in [3.63, 3.8) is 0 Å². The van der Waals surface area contributed by atoms with E-state index in [1.807, 2.05) is 78.9 Å². The van der Waals surface area contributed by atoms with Crippen LogP contribution in [0.4, 0.5) is 13.2 Å². The minimum atomic E-state index is -4.73. The van der Waals surface area contributed by atoms with E-state index in [2.05, 4.69) is 114 Å². The van der Waals surface area contributed by atoms with Crippen LogP contribution in [-0.4, -0.2) is 9.13 Å². The van der Waals surface area contributed by atoms with E-state index >= 15 is 0 Å². The Labute approximate surface area is 378 Å². The zero-order valence-corrected chi connectivity index (χ0v) is 35.8. The minimum Gasteiger partial charge on any atom is -0.309 e. The molecule has 66 heavy (non-hydrogen) atoms. The number of hydrogen-bond acceptors (Lipinski definition) is 2. The van der Waals surface area contributed by atoms with Gasteiger partial charge in [-0.1, -0.05) is 115 Å². The van der Waals surface area contributed by atoms with Crippen molar-refractivity contribution < 1.29 is 13.2 Å². The van der Waals surface area contributed by atoms with Crippen LogP contribution in [0.25, 0.3) is 99.5 Å². The third kappa shape index (κ3) is 6.52. The first-order valence-electron chi connectivity index (χ1n) is 21.6. The summed E-state index contributed by atoms with van der Waals surface area (Å²) in [5.74, 6) is 0. The number of fused-ring (bicyclic) bond motifs is 6. The predicted octanol–water partition coefficient (Wildman–Crippen LogP) is 15.9. The Balaban J connectivity index is 1.23. The molecule has 2 aromatic heterocycles. The van der Waals surface area contributed by atoms with Crippen LogP contribution in [0.3, 0.4) is 0 Å². The van der Waals surface area contributed by atoms with E-state index in [4.69, 9.17) is 0 Å². The van der Waals surface area contributed by atoms with Gasteiger partial charge in [-0.05, 0) is 131 Å². The molecule has 0 spiro atoms. The second kappa shape index (κ2) is 15.6. The molecule has 0 N–H and O–H groups in total. The molecule has 0 amide bonds. The van der Waals surface area contributed by atoms with Crippen LogP contribution in [0.2, 0.25) is 0 Å². The first-order valence-corrected chi connectivity index (χ1v) is 21.6. The van der Waals surface area contributed by atoms with Gasteiger partial charge in [0.2, 0.25) is 0 Å². The number of halogens is 3. The van der Waals surface area contributed by atoms with Crippen LogP contribution in [-0.2, 0) is 6.18 Å². The van der Waals surface area contributed by atoms with Gasteiger partial charge in [-0.15, -0.1) is 0 Å². The Kier molecular flexibility index (Phi) is 9.46. The molecule has 0 aliphatic carbocycles. The highest BCUT2D eigenvalue weighted by Crippen LogP contribution is 2.45. The number of alkyl halides is 3. The monoisotopic (exact) mass is 858 g/mol. The lowest BCUT2D eigenvalue weighted by atomic mass is 9.92. The third-order valence-corrected chi connectivity index (χ3v) is 12.9. The van der Waals surface area contributed by atoms with Crippen molar-refractivity contribution in [1.82, 2.24) is 9.13 Å². The van der Waals surface area contributed by atoms with Crippen molar-refractivity contribution in [2.45, 2.75) is 20.0 Å². The molecule has 2 heterocycles. The fourth-order valence-corrected chi connectivity index (χ4v) is 9.82. The normalized spacial score (nSPS) is 11.7. The lowest BCUT2D eigenvalue weighted by molar-refractivity contribution is -0.137. The summed E-state index contributed by atoms with van der Waals surface area (Å²) in [5.41, 5.74) is 12.9. The Bertz CT molecular complexity index is 3870. The van der Waals surface area contributed by atoms with Gasteiger partial charge in [0.1, 0.15) is 0 Å². The lowest BCUT2D eigenvalue weighted by Gasteiger charge is -2.21. The molecule has 0 bridgehead atoms. The highest BCUT2D eigenvalue weighted by Gasteiger charge is 2.34. The molecule has 9 aromatic carbocycles. The zero-order valence-electron chi connectivity index (χ0n) is 35.8. The molecule has 0 fully saturated rings. The molecule has 0 aliphatic heterocycles. The molecule has 11 aromatic rings. The summed E-state index contributed by atoms with van der Waals surface area (Å²) < 4.78 is 49.2. The van der Waals surface area contributed by atoms with Gasteiger partial charge in [0.15, 0.2) is 0 Å². The summed E-state index contributed by atoms with van der Waals surface area (Å²) in [6.07, 6.45) is -4.73. The molecule has 0 saturated carbocycles. The van der Waals surface area contributed by atoms with E-state index in [9.17, 15) is 23.7 Å². The summed E-state index contributed by atoms with van der Waals surface area (Å²) in [4.78, 5) is 0. The molecule has 7 heteroatoms. The van der Waals surface area contributed by atoms with Crippen molar-refractivity contribution in [2.75, 3.05) is 0 Å². The summed E-state index contributed by atoms with van der Waals surface area (Å²) in [6.45, 7) is 4.20. The van der Waals surface area contributed by atoms with Crippen molar-refractivity contribution in [3.05, 3.63) is 216 Å². The largest absolute Gasteiger partial charge is 0.417 e. The van der Waals surface area contributed by atoms with Crippen molar-refractivity contribution in [1.29, 1.82) is 10.5 Å². The SMILES string of the molecule is Cc1ccccc1-c1ccc2c(c1)c1ccccc1n2-c1ccc(-c2ccc(C#N)cc2C(F)(F)F)cc1-c1ccc(C#N)cc1-n1c2ccccc2c2cc(-c3ccccc3C)ccc21. The fourth-order valence-electron chi connectivity index (χ4n) is 9.82. The Morgan fingerprint density at radius 3 is 1.38 bits per heavy atom. The summed E-state index contributed by atoms with van der Waals surface area (Å²) in [5, 5.41) is 24.2. The number of nitrogens with zero attached hydrogens (tertiary/aromatic N) is 4. The van der Waals surface area contributed by atoms with Gasteiger partial charge in [-0.2, -0.15) is 23.7 Å². The molecule has 0 unspecified atom stereocenters. The number of hydrogen-bond donors (Lipinski definition) is 0. The van der Waals surface area contributed by atoms with Gasteiger partial charge < -0.3 is 9.13 Å². The van der Waals surface area contributed by atoms with Crippen LogP contribution >= 0.6 is 0 Å². The highest BCUT2D eigenvalue weighted by molar-refractivity contribution is 6.13. The van der Waals surface area contributed by atoms with E-state index < -0.39 is 11.7 Å². The van der Waals surface area contributed by atoms with Gasteiger partial charge in [0.05, 0.1) is 62.3 Å². The maximum Gasteiger partial charge on any atom is 0.417 e. The molecular weight excluding hydrogens is 822 g/mol. The Morgan fingerprint density at radius 2 is 0.833 bits per heavy atom. The van der Waals surface area contributed by atoms with Crippen molar-refractivity contribution >= 4 is 43.6 Å². The van der Waals surface area contributed by atoms with E-state index in [0.717, 1.165) is 88.7 Å². The maximum atomic E-state index is 14.9. The predicted molar refractivity (Wildman–Crippen MR) is 261 cm³/mol. The number of aryl methyl sites for hydroxylation is 2. The first-order chi connectivity index (χ1) is 32.1. The molecule has 314 valence electrons. The average molecular weight is 859 g/mol.